The van der Waals surface area contributed by atoms with Gasteiger partial charge in [-0.3, -0.25) is 9.59 Å². The fraction of sp³-hybridized carbons (Fsp3) is 0.227. The number of aromatic nitrogens is 2. The number of carbonyl (C=O) groups is 1. The van der Waals surface area contributed by atoms with Crippen LogP contribution in [0, 0.1) is 11.7 Å². The summed E-state index contributed by atoms with van der Waals surface area (Å²) in [6, 6.07) is 11.5. The van der Waals surface area contributed by atoms with Crippen molar-refractivity contribution < 1.29 is 14.3 Å². The summed E-state index contributed by atoms with van der Waals surface area (Å²) in [5.41, 5.74) is 0.229. The van der Waals surface area contributed by atoms with Crippen LogP contribution in [-0.2, 0) is 0 Å². The minimum absolute atomic E-state index is 0.0269. The molecule has 0 aliphatic rings. The zero-order valence-corrected chi connectivity index (χ0v) is 17.8. The topological polar surface area (TPSA) is 72.2 Å². The molecule has 0 aliphatic carbocycles. The van der Waals surface area contributed by atoms with Crippen LogP contribution in [0.4, 0.5) is 4.39 Å². The average molecular weight is 449 g/mol. The van der Waals surface area contributed by atoms with Crippen molar-refractivity contribution >= 4 is 29.0 Å². The lowest BCUT2D eigenvalue weighted by molar-refractivity contribution is 0.0867. The molecule has 2 aromatic carbocycles. The summed E-state index contributed by atoms with van der Waals surface area (Å²) < 4.78 is 14.7. The third-order valence-electron chi connectivity index (χ3n) is 4.81. The van der Waals surface area contributed by atoms with Gasteiger partial charge in [-0.15, -0.1) is 0 Å². The van der Waals surface area contributed by atoms with Gasteiger partial charge in [0.2, 0.25) is 0 Å². The third-order valence-corrected chi connectivity index (χ3v) is 5.55. The van der Waals surface area contributed by atoms with Gasteiger partial charge in [0.15, 0.2) is 5.78 Å². The van der Waals surface area contributed by atoms with Crippen LogP contribution >= 0.6 is 23.2 Å². The normalized spacial score (nSPS) is 13.1. The Morgan fingerprint density at radius 2 is 1.87 bits per heavy atom. The first-order chi connectivity index (χ1) is 14.2. The largest absolute Gasteiger partial charge is 0.393 e. The average Bonchev–Trinajstić information content (AvgIpc) is 2.70. The van der Waals surface area contributed by atoms with Crippen molar-refractivity contribution in [3.63, 3.8) is 0 Å². The van der Waals surface area contributed by atoms with Crippen molar-refractivity contribution in [2.75, 3.05) is 0 Å². The summed E-state index contributed by atoms with van der Waals surface area (Å²) >= 11 is 12.1. The predicted molar refractivity (Wildman–Crippen MR) is 115 cm³/mol. The highest BCUT2D eigenvalue weighted by molar-refractivity contribution is 6.42. The monoisotopic (exact) mass is 448 g/mol. The zero-order valence-electron chi connectivity index (χ0n) is 16.3. The van der Waals surface area contributed by atoms with Gasteiger partial charge in [-0.1, -0.05) is 42.3 Å². The minimum atomic E-state index is -0.712. The number of nitrogens with zero attached hydrogens (tertiary/aromatic N) is 2. The Balaban J connectivity index is 2.20. The molecule has 0 radical (unpaired) electrons. The molecule has 0 fully saturated rings. The van der Waals surface area contributed by atoms with Crippen LogP contribution in [-0.4, -0.2) is 26.8 Å². The van der Waals surface area contributed by atoms with E-state index in [0.29, 0.717) is 16.3 Å². The van der Waals surface area contributed by atoms with E-state index in [1.165, 1.54) is 24.3 Å². The van der Waals surface area contributed by atoms with E-state index in [9.17, 15) is 19.1 Å². The summed E-state index contributed by atoms with van der Waals surface area (Å²) in [6.07, 6.45) is -0.739. The minimum Gasteiger partial charge on any atom is -0.393 e. The van der Waals surface area contributed by atoms with Crippen molar-refractivity contribution in [1.82, 2.24) is 9.78 Å². The molecule has 0 bridgehead atoms. The molecular formula is C22H19Cl2FN2O3. The second-order valence-corrected chi connectivity index (χ2v) is 7.93. The maximum absolute atomic E-state index is 13.8. The molecule has 156 valence electrons. The molecule has 3 rings (SSSR count). The Kier molecular flexibility index (Phi) is 6.71. The van der Waals surface area contributed by atoms with Crippen molar-refractivity contribution in [3.05, 3.63) is 80.3 Å². The molecule has 1 N–H and O–H groups in total. The van der Waals surface area contributed by atoms with E-state index < -0.39 is 23.3 Å². The number of ketones is 1. The van der Waals surface area contributed by atoms with Gasteiger partial charge in [0.1, 0.15) is 5.82 Å². The Morgan fingerprint density at radius 1 is 1.13 bits per heavy atom. The first-order valence-corrected chi connectivity index (χ1v) is 10.00. The SMILES string of the molecule is CC(O)C(C)CC(=O)c1cc(-c2ccc(Cl)c(Cl)c2)nn(-c2cccc(F)c2)c1=O. The number of rotatable bonds is 6. The fourth-order valence-corrected chi connectivity index (χ4v) is 3.14. The molecule has 0 aliphatic heterocycles. The van der Waals surface area contributed by atoms with Crippen molar-refractivity contribution in [2.24, 2.45) is 5.92 Å². The highest BCUT2D eigenvalue weighted by atomic mass is 35.5. The number of hydrogen-bond acceptors (Lipinski definition) is 4. The molecule has 8 heteroatoms. The molecule has 0 saturated carbocycles. The molecule has 2 unspecified atom stereocenters. The molecule has 0 saturated heterocycles. The standard InChI is InChI=1S/C22H19Cl2FN2O3/c1-12(13(2)28)8-21(29)17-11-20(14-6-7-18(23)19(24)9-14)26-27(22(17)30)16-5-3-4-15(25)10-16/h3-7,9-13,28H,8H2,1-2H3. The van der Waals surface area contributed by atoms with Gasteiger partial charge >= 0.3 is 0 Å². The highest BCUT2D eigenvalue weighted by Gasteiger charge is 2.21. The summed E-state index contributed by atoms with van der Waals surface area (Å²) in [7, 11) is 0. The van der Waals surface area contributed by atoms with E-state index in [0.717, 1.165) is 10.7 Å². The van der Waals surface area contributed by atoms with Gasteiger partial charge in [-0.2, -0.15) is 9.78 Å². The Bertz CT molecular complexity index is 1160. The number of aliphatic hydroxyl groups is 1. The lowest BCUT2D eigenvalue weighted by atomic mass is 9.96. The van der Waals surface area contributed by atoms with Crippen LogP contribution in [0.1, 0.15) is 30.6 Å². The molecule has 5 nitrogen and oxygen atoms in total. The summed E-state index contributed by atoms with van der Waals surface area (Å²) in [5.74, 6) is -1.33. The third kappa shape index (κ3) is 4.78. The van der Waals surface area contributed by atoms with Gasteiger partial charge in [-0.05, 0) is 49.2 Å². The summed E-state index contributed by atoms with van der Waals surface area (Å²) in [6.45, 7) is 3.30. The zero-order chi connectivity index (χ0) is 22.0. The van der Waals surface area contributed by atoms with Crippen molar-refractivity contribution in [3.8, 4) is 16.9 Å². The van der Waals surface area contributed by atoms with Gasteiger partial charge in [0.25, 0.3) is 5.56 Å². The summed E-state index contributed by atoms with van der Waals surface area (Å²) in [4.78, 5) is 25.9. The highest BCUT2D eigenvalue weighted by Crippen LogP contribution is 2.28. The van der Waals surface area contributed by atoms with Crippen LogP contribution in [0.15, 0.2) is 53.3 Å². The van der Waals surface area contributed by atoms with E-state index in [-0.39, 0.29) is 28.6 Å². The molecule has 3 aromatic rings. The smallest absolute Gasteiger partial charge is 0.282 e. The maximum Gasteiger partial charge on any atom is 0.282 e. The molecule has 2 atom stereocenters. The molecule has 0 spiro atoms. The van der Waals surface area contributed by atoms with Crippen molar-refractivity contribution in [2.45, 2.75) is 26.4 Å². The van der Waals surface area contributed by atoms with Gasteiger partial charge < -0.3 is 5.11 Å². The summed E-state index contributed by atoms with van der Waals surface area (Å²) in [5, 5.41) is 14.7. The first-order valence-electron chi connectivity index (χ1n) is 9.24. The van der Waals surface area contributed by atoms with E-state index in [2.05, 4.69) is 5.10 Å². The Labute approximate surface area is 182 Å². The van der Waals surface area contributed by atoms with E-state index in [1.807, 2.05) is 0 Å². The van der Waals surface area contributed by atoms with Crippen molar-refractivity contribution in [1.29, 1.82) is 0 Å². The van der Waals surface area contributed by atoms with Crippen LogP contribution in [0.2, 0.25) is 10.0 Å². The fourth-order valence-electron chi connectivity index (χ4n) is 2.85. The number of carbonyl (C=O) groups excluding carboxylic acids is 1. The molecule has 1 heterocycles. The second-order valence-electron chi connectivity index (χ2n) is 7.11. The number of hydrogen-bond donors (Lipinski definition) is 1. The maximum atomic E-state index is 13.8. The first kappa shape index (κ1) is 22.2. The molecule has 1 aromatic heterocycles. The molecule has 0 amide bonds. The van der Waals surface area contributed by atoms with Crippen LogP contribution < -0.4 is 5.56 Å². The number of benzene rings is 2. The van der Waals surface area contributed by atoms with Crippen LogP contribution in [0.3, 0.4) is 0 Å². The molecular weight excluding hydrogens is 430 g/mol. The van der Waals surface area contributed by atoms with Gasteiger partial charge in [-0.25, -0.2) is 4.39 Å². The van der Waals surface area contributed by atoms with Crippen LogP contribution in [0.25, 0.3) is 16.9 Å². The van der Waals surface area contributed by atoms with Crippen LogP contribution in [0.5, 0.6) is 0 Å². The predicted octanol–water partition coefficient (Wildman–Crippen LogP) is 4.94. The Morgan fingerprint density at radius 3 is 2.50 bits per heavy atom. The van der Waals surface area contributed by atoms with E-state index in [1.54, 1.807) is 32.0 Å². The van der Waals surface area contributed by atoms with Gasteiger partial charge in [0.05, 0.1) is 33.1 Å². The molecule has 30 heavy (non-hydrogen) atoms. The van der Waals surface area contributed by atoms with Gasteiger partial charge in [0, 0.05) is 12.0 Å². The lowest BCUT2D eigenvalue weighted by Gasteiger charge is -2.15. The van der Waals surface area contributed by atoms with E-state index in [4.69, 9.17) is 23.2 Å². The lowest BCUT2D eigenvalue weighted by Crippen LogP contribution is -2.29. The number of aliphatic hydroxyl groups excluding tert-OH is 1. The Hall–Kier alpha value is -2.54. The van der Waals surface area contributed by atoms with E-state index >= 15 is 0 Å². The number of halogens is 3. The second kappa shape index (κ2) is 9.08. The number of Topliss-reactive ketones (excluding diaryl/α,β-unsaturated/α-hetero) is 1. The quantitative estimate of drug-likeness (QED) is 0.542.